The van der Waals surface area contributed by atoms with Gasteiger partial charge < -0.3 is 10.4 Å². The molecule has 1 amide bonds. The summed E-state index contributed by atoms with van der Waals surface area (Å²) in [6.45, 7) is 0.321. The SMILES string of the molecule is O=C(NCCO)c1ccn(Cn2nnc(-c3ccccc3)n2)n1. The van der Waals surface area contributed by atoms with E-state index >= 15 is 0 Å². The first-order chi connectivity index (χ1) is 11.3. The second kappa shape index (κ2) is 6.79. The van der Waals surface area contributed by atoms with Crippen LogP contribution in [0.5, 0.6) is 0 Å². The van der Waals surface area contributed by atoms with Gasteiger partial charge in [0, 0.05) is 18.3 Å². The molecule has 9 nitrogen and oxygen atoms in total. The molecular weight excluding hydrogens is 298 g/mol. The standard InChI is InChI=1S/C14H15N7O2/c22-9-7-15-14(23)12-6-8-20(17-12)10-21-18-13(16-19-21)11-4-2-1-3-5-11/h1-6,8,22H,7,9-10H2,(H,15,23). The number of rotatable bonds is 6. The monoisotopic (exact) mass is 313 g/mol. The van der Waals surface area contributed by atoms with Crippen LogP contribution in [0.3, 0.4) is 0 Å². The lowest BCUT2D eigenvalue weighted by molar-refractivity contribution is 0.0938. The predicted molar refractivity (Wildman–Crippen MR) is 80.3 cm³/mol. The minimum absolute atomic E-state index is 0.114. The molecule has 0 radical (unpaired) electrons. The predicted octanol–water partition coefficient (Wildman–Crippen LogP) is -0.236. The first-order valence-corrected chi connectivity index (χ1v) is 7.02. The van der Waals surface area contributed by atoms with Gasteiger partial charge in [-0.3, -0.25) is 4.79 Å². The van der Waals surface area contributed by atoms with Gasteiger partial charge in [0.25, 0.3) is 5.91 Å². The van der Waals surface area contributed by atoms with Crippen molar-refractivity contribution in [1.82, 2.24) is 35.3 Å². The Bertz CT molecular complexity index is 781. The van der Waals surface area contributed by atoms with Crippen molar-refractivity contribution in [3.63, 3.8) is 0 Å². The molecule has 118 valence electrons. The summed E-state index contributed by atoms with van der Waals surface area (Å²) in [6, 6.07) is 11.1. The highest BCUT2D eigenvalue weighted by atomic mass is 16.3. The van der Waals surface area contributed by atoms with Gasteiger partial charge in [0.1, 0.15) is 5.69 Å². The van der Waals surface area contributed by atoms with E-state index in [0.29, 0.717) is 5.82 Å². The minimum Gasteiger partial charge on any atom is -0.395 e. The lowest BCUT2D eigenvalue weighted by atomic mass is 10.2. The van der Waals surface area contributed by atoms with E-state index in [0.717, 1.165) is 5.56 Å². The minimum atomic E-state index is -0.339. The molecule has 0 saturated heterocycles. The summed E-state index contributed by atoms with van der Waals surface area (Å²) < 4.78 is 1.53. The van der Waals surface area contributed by atoms with Gasteiger partial charge in [-0.15, -0.1) is 15.0 Å². The van der Waals surface area contributed by atoms with E-state index in [1.54, 1.807) is 12.3 Å². The summed E-state index contributed by atoms with van der Waals surface area (Å²) in [7, 11) is 0. The molecule has 1 aromatic carbocycles. The van der Waals surface area contributed by atoms with Crippen LogP contribution in [-0.2, 0) is 6.67 Å². The molecule has 0 spiro atoms. The smallest absolute Gasteiger partial charge is 0.271 e. The topological polar surface area (TPSA) is 111 Å². The van der Waals surface area contributed by atoms with Gasteiger partial charge in [0.2, 0.25) is 5.82 Å². The number of hydrogen-bond acceptors (Lipinski definition) is 6. The number of nitrogens with zero attached hydrogens (tertiary/aromatic N) is 6. The maximum Gasteiger partial charge on any atom is 0.271 e. The maximum absolute atomic E-state index is 11.7. The van der Waals surface area contributed by atoms with Gasteiger partial charge in [0.05, 0.1) is 6.61 Å². The second-order valence-electron chi connectivity index (χ2n) is 4.71. The Balaban J connectivity index is 1.67. The molecule has 0 saturated carbocycles. The number of hydrogen-bond donors (Lipinski definition) is 2. The van der Waals surface area contributed by atoms with Gasteiger partial charge in [-0.2, -0.15) is 5.10 Å². The second-order valence-corrected chi connectivity index (χ2v) is 4.71. The largest absolute Gasteiger partial charge is 0.395 e. The molecule has 2 N–H and O–H groups in total. The third-order valence-electron chi connectivity index (χ3n) is 3.03. The highest BCUT2D eigenvalue weighted by Gasteiger charge is 2.10. The fourth-order valence-electron chi connectivity index (χ4n) is 1.96. The van der Waals surface area contributed by atoms with Crippen molar-refractivity contribution >= 4 is 5.91 Å². The molecule has 9 heteroatoms. The quantitative estimate of drug-likeness (QED) is 0.650. The first kappa shape index (κ1) is 14.9. The number of aromatic nitrogens is 6. The number of benzene rings is 1. The lowest BCUT2D eigenvalue weighted by Gasteiger charge is -2.00. The zero-order chi connectivity index (χ0) is 16.1. The van der Waals surface area contributed by atoms with E-state index in [1.807, 2.05) is 30.3 Å². The van der Waals surface area contributed by atoms with Gasteiger partial charge >= 0.3 is 0 Å². The molecule has 2 heterocycles. The highest BCUT2D eigenvalue weighted by Crippen LogP contribution is 2.11. The summed E-state index contributed by atoms with van der Waals surface area (Å²) in [5, 5.41) is 27.6. The molecule has 0 atom stereocenters. The number of carbonyl (C=O) groups excluding carboxylic acids is 1. The van der Waals surface area contributed by atoms with Crippen molar-refractivity contribution in [3.8, 4) is 11.4 Å². The number of tetrazole rings is 1. The van der Waals surface area contributed by atoms with E-state index in [9.17, 15) is 4.79 Å². The van der Waals surface area contributed by atoms with Crippen LogP contribution in [0.4, 0.5) is 0 Å². The van der Waals surface area contributed by atoms with Gasteiger partial charge in [0.15, 0.2) is 6.67 Å². The maximum atomic E-state index is 11.7. The zero-order valence-electron chi connectivity index (χ0n) is 12.2. The summed E-state index contributed by atoms with van der Waals surface area (Å²) in [5.41, 5.74) is 1.14. The van der Waals surface area contributed by atoms with Crippen LogP contribution >= 0.6 is 0 Å². The Morgan fingerprint density at radius 2 is 2.00 bits per heavy atom. The van der Waals surface area contributed by atoms with Crippen molar-refractivity contribution in [2.24, 2.45) is 0 Å². The van der Waals surface area contributed by atoms with Crippen LogP contribution in [0.1, 0.15) is 10.5 Å². The van der Waals surface area contributed by atoms with Crippen LogP contribution in [-0.4, -0.2) is 54.2 Å². The number of aliphatic hydroxyl groups excluding tert-OH is 1. The molecule has 0 aliphatic rings. The van der Waals surface area contributed by atoms with E-state index in [1.165, 1.54) is 9.48 Å². The number of carbonyl (C=O) groups is 1. The Hall–Kier alpha value is -3.07. The molecule has 0 bridgehead atoms. The van der Waals surface area contributed by atoms with E-state index in [2.05, 4.69) is 25.8 Å². The molecular formula is C14H15N7O2. The van der Waals surface area contributed by atoms with Crippen LogP contribution in [0.2, 0.25) is 0 Å². The van der Waals surface area contributed by atoms with Crippen molar-refractivity contribution in [2.45, 2.75) is 6.67 Å². The molecule has 0 fully saturated rings. The highest BCUT2D eigenvalue weighted by molar-refractivity contribution is 5.92. The molecule has 3 rings (SSSR count). The molecule has 0 aliphatic carbocycles. The number of amides is 1. The lowest BCUT2D eigenvalue weighted by Crippen LogP contribution is -2.27. The Labute approximate surface area is 131 Å². The number of aliphatic hydroxyl groups is 1. The van der Waals surface area contributed by atoms with Crippen LogP contribution < -0.4 is 5.32 Å². The van der Waals surface area contributed by atoms with Crippen molar-refractivity contribution in [3.05, 3.63) is 48.3 Å². The Morgan fingerprint density at radius 3 is 2.78 bits per heavy atom. The van der Waals surface area contributed by atoms with Crippen molar-refractivity contribution in [1.29, 1.82) is 0 Å². The zero-order valence-corrected chi connectivity index (χ0v) is 12.2. The van der Waals surface area contributed by atoms with Gasteiger partial charge in [-0.25, -0.2) is 4.68 Å². The van der Waals surface area contributed by atoms with Crippen LogP contribution in [0.25, 0.3) is 11.4 Å². The van der Waals surface area contributed by atoms with E-state index < -0.39 is 0 Å². The van der Waals surface area contributed by atoms with Crippen molar-refractivity contribution < 1.29 is 9.90 Å². The van der Waals surface area contributed by atoms with Crippen LogP contribution in [0.15, 0.2) is 42.6 Å². The summed E-state index contributed by atoms with van der Waals surface area (Å²) in [4.78, 5) is 13.1. The molecule has 0 unspecified atom stereocenters. The summed E-state index contributed by atoms with van der Waals surface area (Å²) >= 11 is 0. The number of nitrogens with one attached hydrogen (secondary N) is 1. The summed E-state index contributed by atoms with van der Waals surface area (Å²) in [6.07, 6.45) is 1.65. The third kappa shape index (κ3) is 3.58. The Kier molecular flexibility index (Phi) is 4.39. The molecule has 3 aromatic rings. The normalized spacial score (nSPS) is 10.7. The average Bonchev–Trinajstić information content (AvgIpc) is 3.23. The first-order valence-electron chi connectivity index (χ1n) is 7.02. The fourth-order valence-corrected chi connectivity index (χ4v) is 1.96. The average molecular weight is 313 g/mol. The van der Waals surface area contributed by atoms with Crippen molar-refractivity contribution in [2.75, 3.05) is 13.2 Å². The van der Waals surface area contributed by atoms with Gasteiger partial charge in [-0.05, 0) is 11.3 Å². The van der Waals surface area contributed by atoms with Gasteiger partial charge in [-0.1, -0.05) is 30.3 Å². The van der Waals surface area contributed by atoms with E-state index in [-0.39, 0.29) is 31.4 Å². The molecule has 23 heavy (non-hydrogen) atoms. The van der Waals surface area contributed by atoms with E-state index in [4.69, 9.17) is 5.11 Å². The molecule has 0 aliphatic heterocycles. The molecule has 2 aromatic heterocycles. The Morgan fingerprint density at radius 1 is 1.17 bits per heavy atom. The van der Waals surface area contributed by atoms with Crippen LogP contribution in [0, 0.1) is 0 Å². The third-order valence-corrected chi connectivity index (χ3v) is 3.03. The summed E-state index contributed by atoms with van der Waals surface area (Å²) in [5.74, 6) is 0.188. The fraction of sp³-hybridized carbons (Fsp3) is 0.214.